The van der Waals surface area contributed by atoms with E-state index in [1.54, 1.807) is 29.6 Å². The van der Waals surface area contributed by atoms with Crippen molar-refractivity contribution in [3.05, 3.63) is 39.8 Å². The summed E-state index contributed by atoms with van der Waals surface area (Å²) in [6.07, 6.45) is 0.876. The molecule has 2 aliphatic heterocycles. The second-order valence-corrected chi connectivity index (χ2v) is 9.78. The Labute approximate surface area is 178 Å². The summed E-state index contributed by atoms with van der Waals surface area (Å²) < 4.78 is 1.25. The van der Waals surface area contributed by atoms with Gasteiger partial charge in [0, 0.05) is 57.0 Å². The highest BCUT2D eigenvalue weighted by molar-refractivity contribution is 7.16. The van der Waals surface area contributed by atoms with Crippen molar-refractivity contribution in [3.8, 4) is 0 Å². The lowest BCUT2D eigenvalue weighted by molar-refractivity contribution is -0.129. The SMILES string of the molecule is CC(=O)N1CCc2nc(N3CCN(C(C)c4ccc5scnc5c4)CC3)sc2C1. The number of amides is 1. The molecule has 0 aliphatic carbocycles. The summed E-state index contributed by atoms with van der Waals surface area (Å²) >= 11 is 3.46. The van der Waals surface area contributed by atoms with Gasteiger partial charge in [-0.15, -0.1) is 11.3 Å². The van der Waals surface area contributed by atoms with Crippen LogP contribution >= 0.6 is 22.7 Å². The van der Waals surface area contributed by atoms with Gasteiger partial charge in [0.1, 0.15) is 0 Å². The largest absolute Gasteiger partial charge is 0.346 e. The molecule has 3 aromatic rings. The highest BCUT2D eigenvalue weighted by atomic mass is 32.1. The molecule has 29 heavy (non-hydrogen) atoms. The molecule has 1 amide bonds. The van der Waals surface area contributed by atoms with Crippen molar-refractivity contribution < 1.29 is 4.79 Å². The number of carbonyl (C=O) groups excluding carboxylic acids is 1. The standard InChI is InChI=1S/C21H25N5OS2/c1-14(16-3-4-19-18(11-16)22-13-28-19)24-7-9-25(10-8-24)21-23-17-5-6-26(15(2)27)12-20(17)29-21/h3-4,11,13-14H,5-10,12H2,1-2H3. The van der Waals surface area contributed by atoms with Crippen LogP contribution in [0.3, 0.4) is 0 Å². The molecule has 5 rings (SSSR count). The number of thiazole rings is 2. The summed E-state index contributed by atoms with van der Waals surface area (Å²) in [6, 6.07) is 7.06. The van der Waals surface area contributed by atoms with Crippen LogP contribution in [0.2, 0.25) is 0 Å². The molecule has 2 aromatic heterocycles. The van der Waals surface area contributed by atoms with Gasteiger partial charge in [0.15, 0.2) is 5.13 Å². The molecule has 0 bridgehead atoms. The second kappa shape index (κ2) is 7.66. The van der Waals surface area contributed by atoms with Crippen molar-refractivity contribution in [3.63, 3.8) is 0 Å². The highest BCUT2D eigenvalue weighted by Crippen LogP contribution is 2.32. The lowest BCUT2D eigenvalue weighted by atomic mass is 10.1. The topological polar surface area (TPSA) is 52.6 Å². The molecule has 1 saturated heterocycles. The van der Waals surface area contributed by atoms with E-state index in [1.807, 2.05) is 10.4 Å². The van der Waals surface area contributed by atoms with Crippen LogP contribution in [-0.2, 0) is 17.8 Å². The summed E-state index contributed by atoms with van der Waals surface area (Å²) in [5.41, 5.74) is 5.55. The number of carbonyl (C=O) groups is 1. The molecular formula is C21H25N5OS2. The number of aromatic nitrogens is 2. The first-order chi connectivity index (χ1) is 14.1. The van der Waals surface area contributed by atoms with Gasteiger partial charge >= 0.3 is 0 Å². The van der Waals surface area contributed by atoms with Gasteiger partial charge in [0.2, 0.25) is 5.91 Å². The Balaban J connectivity index is 1.24. The summed E-state index contributed by atoms with van der Waals surface area (Å²) in [5.74, 6) is 0.157. The van der Waals surface area contributed by atoms with Crippen LogP contribution in [0.25, 0.3) is 10.2 Å². The third-order valence-electron chi connectivity index (χ3n) is 6.13. The molecule has 0 saturated carbocycles. The molecule has 8 heteroatoms. The van der Waals surface area contributed by atoms with E-state index < -0.39 is 0 Å². The molecule has 1 unspecified atom stereocenters. The minimum Gasteiger partial charge on any atom is -0.346 e. The fourth-order valence-corrected chi connectivity index (χ4v) is 6.06. The Kier molecular flexibility index (Phi) is 5.01. The van der Waals surface area contributed by atoms with Crippen LogP contribution in [0.1, 0.15) is 36.0 Å². The van der Waals surface area contributed by atoms with E-state index in [4.69, 9.17) is 4.98 Å². The number of fused-ring (bicyclic) bond motifs is 2. The fraction of sp³-hybridized carbons (Fsp3) is 0.476. The van der Waals surface area contributed by atoms with E-state index in [0.717, 1.165) is 56.3 Å². The van der Waals surface area contributed by atoms with Crippen molar-refractivity contribution in [2.75, 3.05) is 37.6 Å². The zero-order chi connectivity index (χ0) is 20.0. The zero-order valence-corrected chi connectivity index (χ0v) is 18.4. The number of piperazine rings is 1. The van der Waals surface area contributed by atoms with Crippen LogP contribution < -0.4 is 4.90 Å². The number of rotatable bonds is 3. The minimum absolute atomic E-state index is 0.157. The van der Waals surface area contributed by atoms with Gasteiger partial charge in [-0.25, -0.2) is 9.97 Å². The number of hydrogen-bond donors (Lipinski definition) is 0. The maximum absolute atomic E-state index is 11.7. The van der Waals surface area contributed by atoms with E-state index in [-0.39, 0.29) is 5.91 Å². The van der Waals surface area contributed by atoms with Gasteiger partial charge in [-0.05, 0) is 24.6 Å². The lowest BCUT2D eigenvalue weighted by Gasteiger charge is -2.38. The molecule has 6 nitrogen and oxygen atoms in total. The average molecular weight is 428 g/mol. The van der Waals surface area contributed by atoms with E-state index in [9.17, 15) is 4.79 Å². The van der Waals surface area contributed by atoms with E-state index in [1.165, 1.54) is 20.8 Å². The Morgan fingerprint density at radius 1 is 1.17 bits per heavy atom. The molecule has 152 valence electrons. The monoisotopic (exact) mass is 427 g/mol. The highest BCUT2D eigenvalue weighted by Gasteiger charge is 2.27. The number of hydrogen-bond acceptors (Lipinski definition) is 7. The van der Waals surface area contributed by atoms with Gasteiger partial charge in [-0.1, -0.05) is 17.4 Å². The van der Waals surface area contributed by atoms with Crippen LogP contribution in [0.5, 0.6) is 0 Å². The molecule has 0 N–H and O–H groups in total. The minimum atomic E-state index is 0.157. The van der Waals surface area contributed by atoms with E-state index in [0.29, 0.717) is 6.04 Å². The predicted molar refractivity (Wildman–Crippen MR) is 119 cm³/mol. The first-order valence-electron chi connectivity index (χ1n) is 10.1. The Bertz CT molecular complexity index is 1040. The van der Waals surface area contributed by atoms with Crippen molar-refractivity contribution >= 4 is 43.9 Å². The predicted octanol–water partition coefficient (Wildman–Crippen LogP) is 3.54. The third kappa shape index (κ3) is 3.65. The molecule has 2 aliphatic rings. The van der Waals surface area contributed by atoms with Crippen molar-refractivity contribution in [2.24, 2.45) is 0 Å². The first kappa shape index (κ1) is 19.0. The average Bonchev–Trinajstić information content (AvgIpc) is 3.38. The molecule has 0 radical (unpaired) electrons. The summed E-state index contributed by atoms with van der Waals surface area (Å²) in [4.78, 5) is 29.2. The Hall–Kier alpha value is -2.03. The molecule has 4 heterocycles. The molecule has 1 fully saturated rings. The fourth-order valence-electron chi connectivity index (χ4n) is 4.23. The van der Waals surface area contributed by atoms with Crippen LogP contribution in [0, 0.1) is 0 Å². The van der Waals surface area contributed by atoms with Gasteiger partial charge < -0.3 is 9.80 Å². The summed E-state index contributed by atoms with van der Waals surface area (Å²) in [7, 11) is 0. The van der Waals surface area contributed by atoms with E-state index in [2.05, 4.69) is 39.9 Å². The van der Waals surface area contributed by atoms with Crippen LogP contribution in [-0.4, -0.2) is 58.4 Å². The van der Waals surface area contributed by atoms with Crippen molar-refractivity contribution in [1.82, 2.24) is 19.8 Å². The van der Waals surface area contributed by atoms with Crippen LogP contribution in [0.4, 0.5) is 5.13 Å². The molecule has 1 atom stereocenters. The maximum Gasteiger partial charge on any atom is 0.219 e. The normalized spacial score (nSPS) is 18.8. The van der Waals surface area contributed by atoms with Gasteiger partial charge in [-0.3, -0.25) is 9.69 Å². The van der Waals surface area contributed by atoms with E-state index >= 15 is 0 Å². The molecular weight excluding hydrogens is 402 g/mol. The number of anilines is 1. The first-order valence-corrected chi connectivity index (χ1v) is 11.8. The number of benzene rings is 1. The second-order valence-electron chi connectivity index (χ2n) is 7.84. The van der Waals surface area contributed by atoms with Gasteiger partial charge in [0.25, 0.3) is 0 Å². The smallest absolute Gasteiger partial charge is 0.219 e. The zero-order valence-electron chi connectivity index (χ0n) is 16.8. The lowest BCUT2D eigenvalue weighted by Crippen LogP contribution is -2.47. The Morgan fingerprint density at radius 2 is 2.00 bits per heavy atom. The Morgan fingerprint density at radius 3 is 2.79 bits per heavy atom. The third-order valence-corrected chi connectivity index (χ3v) is 8.09. The summed E-state index contributed by atoms with van der Waals surface area (Å²) in [5, 5.41) is 1.12. The quantitative estimate of drug-likeness (QED) is 0.640. The van der Waals surface area contributed by atoms with Crippen molar-refractivity contribution in [2.45, 2.75) is 32.9 Å². The van der Waals surface area contributed by atoms with Gasteiger partial charge in [-0.2, -0.15) is 0 Å². The van der Waals surface area contributed by atoms with Gasteiger partial charge in [0.05, 0.1) is 28.0 Å². The van der Waals surface area contributed by atoms with Crippen molar-refractivity contribution in [1.29, 1.82) is 0 Å². The maximum atomic E-state index is 11.7. The summed E-state index contributed by atoms with van der Waals surface area (Å²) in [6.45, 7) is 9.50. The molecule has 1 aromatic carbocycles. The molecule has 0 spiro atoms. The van der Waals surface area contributed by atoms with Crippen LogP contribution in [0.15, 0.2) is 23.7 Å². The number of nitrogens with zero attached hydrogens (tertiary/aromatic N) is 5.